The van der Waals surface area contributed by atoms with Crippen molar-refractivity contribution in [2.24, 2.45) is 0 Å². The predicted molar refractivity (Wildman–Crippen MR) is 241 cm³/mol. The van der Waals surface area contributed by atoms with Crippen molar-refractivity contribution >= 4 is 65.4 Å². The van der Waals surface area contributed by atoms with Crippen LogP contribution in [0.4, 0.5) is 0 Å². The molecule has 12 rings (SSSR count). The molecular formula is C51H34N8O2. The fraction of sp³-hybridized carbons (Fsp3) is 0.0392. The van der Waals surface area contributed by atoms with Gasteiger partial charge in [-0.2, -0.15) is 9.97 Å². The Morgan fingerprint density at radius 1 is 0.393 bits per heavy atom. The first-order valence-corrected chi connectivity index (χ1v) is 19.8. The molecule has 0 unspecified atom stereocenters. The fourth-order valence-electron chi connectivity index (χ4n) is 8.65. The first kappa shape index (κ1) is 31.6. The predicted octanol–water partition coefficient (Wildman–Crippen LogP) is 12.2. The highest BCUT2D eigenvalue weighted by molar-refractivity contribution is 6.11. The molecule has 12 aromatic rings. The average Bonchev–Trinajstić information content (AvgIpc) is 3.93. The minimum absolute atomic E-state index is 0.163. The van der Waals surface area contributed by atoms with Crippen LogP contribution in [0, 0.1) is 13.8 Å². The zero-order valence-electron chi connectivity index (χ0n) is 35.6. The molecule has 0 N–H and O–H groups in total. The van der Waals surface area contributed by atoms with Gasteiger partial charge in [-0.3, -0.25) is 13.7 Å². The van der Waals surface area contributed by atoms with Crippen LogP contribution in [0.3, 0.4) is 0 Å². The maximum Gasteiger partial charge on any atom is 0.238 e. The lowest BCUT2D eigenvalue weighted by Crippen LogP contribution is -2.06. The number of pyridine rings is 2. The van der Waals surface area contributed by atoms with Crippen LogP contribution < -0.4 is 9.47 Å². The number of rotatable bonds is 7. The van der Waals surface area contributed by atoms with E-state index in [9.17, 15) is 0 Å². The Morgan fingerprint density at radius 2 is 0.787 bits per heavy atom. The summed E-state index contributed by atoms with van der Waals surface area (Å²) in [5, 5.41) is 6.15. The Bertz CT molecular complexity index is 3590. The molecule has 10 nitrogen and oxygen atoms in total. The van der Waals surface area contributed by atoms with E-state index < -0.39 is 6.85 Å². The molecule has 290 valence electrons. The summed E-state index contributed by atoms with van der Waals surface area (Å²) in [7, 11) is 0. The van der Waals surface area contributed by atoms with Gasteiger partial charge >= 0.3 is 0 Å². The zero-order chi connectivity index (χ0) is 43.1. The molecule has 0 aliphatic carbocycles. The van der Waals surface area contributed by atoms with E-state index in [0.29, 0.717) is 34.0 Å². The molecule has 6 aromatic heterocycles. The number of para-hydroxylation sites is 2. The van der Waals surface area contributed by atoms with Crippen molar-refractivity contribution in [2.45, 2.75) is 13.8 Å². The summed E-state index contributed by atoms with van der Waals surface area (Å²) in [5.74, 6) is 4.13. The van der Waals surface area contributed by atoms with Crippen LogP contribution in [-0.4, -0.2) is 38.6 Å². The number of fused-ring (bicyclic) bond motifs is 9. The van der Waals surface area contributed by atoms with E-state index in [1.54, 1.807) is 19.3 Å². The molecule has 0 spiro atoms. The SMILES string of the molecule is [2H]C([2H])([2H])c1nc(C)nc(-n2c3cc(Oc4ccc5c6ccccc6n(-c6ccccn6)c5c4)ccc3c3ccc(Oc4ccc5c6ccccc6n(-c6ccccn6)c5c4)cc32)n1. The Kier molecular flexibility index (Phi) is 7.05. The van der Waals surface area contributed by atoms with Gasteiger partial charge in [-0.15, -0.1) is 0 Å². The number of benzene rings is 6. The highest BCUT2D eigenvalue weighted by atomic mass is 16.5. The number of ether oxygens (including phenoxy) is 2. The Balaban J connectivity index is 0.991. The topological polar surface area (TPSA) is 97.7 Å². The van der Waals surface area contributed by atoms with E-state index in [2.05, 4.69) is 65.5 Å². The number of hydrogen-bond donors (Lipinski definition) is 0. The Morgan fingerprint density at radius 3 is 1.21 bits per heavy atom. The molecule has 0 saturated carbocycles. The van der Waals surface area contributed by atoms with Crippen molar-refractivity contribution in [3.63, 3.8) is 0 Å². The second-order valence-electron chi connectivity index (χ2n) is 14.8. The minimum atomic E-state index is -2.56. The van der Waals surface area contributed by atoms with Crippen molar-refractivity contribution in [1.82, 2.24) is 38.6 Å². The van der Waals surface area contributed by atoms with E-state index >= 15 is 0 Å². The van der Waals surface area contributed by atoms with Gasteiger partial charge in [0.05, 0.1) is 33.1 Å². The van der Waals surface area contributed by atoms with Gasteiger partial charge in [-0.05, 0) is 98.7 Å². The number of nitrogens with zero attached hydrogens (tertiary/aromatic N) is 8. The van der Waals surface area contributed by atoms with Crippen LogP contribution in [0.1, 0.15) is 15.8 Å². The highest BCUT2D eigenvalue weighted by Crippen LogP contribution is 2.40. The largest absolute Gasteiger partial charge is 0.457 e. The molecule has 0 aliphatic rings. The molecule has 0 saturated heterocycles. The minimum Gasteiger partial charge on any atom is -0.457 e. The van der Waals surface area contributed by atoms with E-state index in [4.69, 9.17) is 18.6 Å². The average molecular weight is 794 g/mol. The second kappa shape index (κ2) is 13.6. The lowest BCUT2D eigenvalue weighted by Gasteiger charge is -2.11. The van der Waals surface area contributed by atoms with Gasteiger partial charge in [-0.25, -0.2) is 15.0 Å². The van der Waals surface area contributed by atoms with Crippen molar-refractivity contribution < 1.29 is 13.6 Å². The first-order chi connectivity index (χ1) is 31.2. The number of hydrogen-bond acceptors (Lipinski definition) is 7. The fourth-order valence-corrected chi connectivity index (χ4v) is 8.65. The van der Waals surface area contributed by atoms with Gasteiger partial charge in [0.1, 0.15) is 46.3 Å². The van der Waals surface area contributed by atoms with Gasteiger partial charge in [0, 0.05) is 73.1 Å². The lowest BCUT2D eigenvalue weighted by atomic mass is 10.1. The molecule has 0 radical (unpaired) electrons. The molecule has 0 fully saturated rings. The highest BCUT2D eigenvalue weighted by Gasteiger charge is 2.20. The van der Waals surface area contributed by atoms with Crippen molar-refractivity contribution in [1.29, 1.82) is 0 Å². The lowest BCUT2D eigenvalue weighted by molar-refractivity contribution is 0.484. The smallest absolute Gasteiger partial charge is 0.238 e. The third kappa shape index (κ3) is 5.68. The van der Waals surface area contributed by atoms with E-state index in [1.165, 1.54) is 0 Å². The van der Waals surface area contributed by atoms with E-state index in [-0.39, 0.29) is 17.6 Å². The Hall–Kier alpha value is -8.37. The maximum absolute atomic E-state index is 8.18. The molecule has 61 heavy (non-hydrogen) atoms. The molecule has 0 bridgehead atoms. The van der Waals surface area contributed by atoms with Crippen LogP contribution in [-0.2, 0) is 0 Å². The molecule has 0 amide bonds. The van der Waals surface area contributed by atoms with Crippen molar-refractivity contribution in [3.05, 3.63) is 182 Å². The third-order valence-corrected chi connectivity index (χ3v) is 11.2. The zero-order valence-corrected chi connectivity index (χ0v) is 32.6. The molecule has 0 aliphatic heterocycles. The normalized spacial score (nSPS) is 12.7. The van der Waals surface area contributed by atoms with Crippen LogP contribution in [0.25, 0.3) is 83.0 Å². The molecular weight excluding hydrogens is 757 g/mol. The van der Waals surface area contributed by atoms with Gasteiger partial charge in [0.25, 0.3) is 0 Å². The van der Waals surface area contributed by atoms with Gasteiger partial charge < -0.3 is 9.47 Å². The summed E-state index contributed by atoms with van der Waals surface area (Å²) in [6.45, 7) is -0.894. The third-order valence-electron chi connectivity index (χ3n) is 11.2. The van der Waals surface area contributed by atoms with Crippen LogP contribution in [0.2, 0.25) is 0 Å². The summed E-state index contributed by atoms with van der Waals surface area (Å²) in [5.41, 5.74) is 5.40. The first-order valence-electron chi connectivity index (χ1n) is 21.3. The molecule has 6 aromatic carbocycles. The van der Waals surface area contributed by atoms with Crippen molar-refractivity contribution in [2.75, 3.05) is 0 Å². The summed E-state index contributed by atoms with van der Waals surface area (Å²) in [4.78, 5) is 22.8. The van der Waals surface area contributed by atoms with Crippen LogP contribution in [0.15, 0.2) is 170 Å². The van der Waals surface area contributed by atoms with Crippen LogP contribution >= 0.6 is 0 Å². The van der Waals surface area contributed by atoms with E-state index in [1.807, 2.05) is 126 Å². The molecule has 6 heterocycles. The molecule has 10 heteroatoms. The Labute approximate surface area is 352 Å². The van der Waals surface area contributed by atoms with Gasteiger partial charge in [0.15, 0.2) is 0 Å². The van der Waals surface area contributed by atoms with Crippen LogP contribution in [0.5, 0.6) is 23.0 Å². The summed E-state index contributed by atoms with van der Waals surface area (Å²) < 4.78 is 44.0. The quantitative estimate of drug-likeness (QED) is 0.158. The monoisotopic (exact) mass is 793 g/mol. The van der Waals surface area contributed by atoms with E-state index in [0.717, 1.165) is 66.0 Å². The second-order valence-corrected chi connectivity index (χ2v) is 14.8. The standard InChI is InChI=1S/C51H34N8O2/c1-31-54-32(2)56-51(55-31)59-47-29-35(60-33-17-21-39-37-11-3-5-13-43(37)57(45(39)27-33)49-15-7-9-25-52-49)19-23-41(47)42-24-20-36(30-48(42)59)61-34-18-22-40-38-12-4-6-14-44(38)58(46(40)28-34)50-16-8-10-26-53-50/h3-30H,1-2H3/i1D3. The molecule has 0 atom stereocenters. The van der Waals surface area contributed by atoms with Gasteiger partial charge in [-0.1, -0.05) is 48.5 Å². The summed E-state index contributed by atoms with van der Waals surface area (Å²) in [6, 6.07) is 52.1. The summed E-state index contributed by atoms with van der Waals surface area (Å²) in [6.07, 6.45) is 3.58. The summed E-state index contributed by atoms with van der Waals surface area (Å²) >= 11 is 0. The number of aryl methyl sites for hydroxylation is 2. The van der Waals surface area contributed by atoms with Gasteiger partial charge in [0.2, 0.25) is 5.95 Å². The number of aromatic nitrogens is 8. The maximum atomic E-state index is 8.18. The van der Waals surface area contributed by atoms with Crippen molar-refractivity contribution in [3.8, 4) is 40.6 Å².